The summed E-state index contributed by atoms with van der Waals surface area (Å²) in [6.07, 6.45) is 0.0503. The highest BCUT2D eigenvalue weighted by molar-refractivity contribution is 7.88. The van der Waals surface area contributed by atoms with Crippen molar-refractivity contribution in [2.24, 2.45) is 0 Å². The van der Waals surface area contributed by atoms with Crippen LogP contribution in [0.3, 0.4) is 0 Å². The smallest absolute Gasteiger partial charge is 0.238 e. The molecule has 0 atom stereocenters. The summed E-state index contributed by atoms with van der Waals surface area (Å²) in [6.45, 7) is 5.26. The molecule has 1 aromatic carbocycles. The lowest BCUT2D eigenvalue weighted by Gasteiger charge is -2.26. The lowest BCUT2D eigenvalue weighted by atomic mass is 10.3. The van der Waals surface area contributed by atoms with Gasteiger partial charge < -0.3 is 14.2 Å². The minimum Gasteiger partial charge on any atom is -0.488 e. The van der Waals surface area contributed by atoms with Gasteiger partial charge in [-0.3, -0.25) is 0 Å². The van der Waals surface area contributed by atoms with Crippen LogP contribution in [-0.4, -0.2) is 51.1 Å². The van der Waals surface area contributed by atoms with Gasteiger partial charge in [0.15, 0.2) is 17.4 Å². The molecule has 1 aromatic rings. The van der Waals surface area contributed by atoms with Crippen molar-refractivity contribution in [1.82, 2.24) is 4.31 Å². The van der Waals surface area contributed by atoms with Crippen LogP contribution in [0.1, 0.15) is 13.8 Å². The second-order valence-corrected chi connectivity index (χ2v) is 6.91. The summed E-state index contributed by atoms with van der Waals surface area (Å²) in [7, 11) is -3.31. The molecule has 2 rings (SSSR count). The maximum atomic E-state index is 11.8. The molecule has 0 N–H and O–H groups in total. The van der Waals surface area contributed by atoms with Gasteiger partial charge in [0.2, 0.25) is 10.0 Å². The van der Waals surface area contributed by atoms with E-state index in [0.717, 1.165) is 0 Å². The maximum Gasteiger partial charge on any atom is 0.238 e. The topological polar surface area (TPSA) is 65.1 Å². The van der Waals surface area contributed by atoms with E-state index in [4.69, 9.17) is 14.2 Å². The van der Waals surface area contributed by atoms with Crippen molar-refractivity contribution >= 4 is 10.0 Å². The zero-order valence-electron chi connectivity index (χ0n) is 12.3. The quantitative estimate of drug-likeness (QED) is 0.795. The van der Waals surface area contributed by atoms with Crippen molar-refractivity contribution in [2.45, 2.75) is 20.0 Å². The van der Waals surface area contributed by atoms with Crippen molar-refractivity contribution in [1.29, 1.82) is 0 Å². The molecule has 0 amide bonds. The molecule has 0 spiro atoms. The maximum absolute atomic E-state index is 11.8. The van der Waals surface area contributed by atoms with Gasteiger partial charge in [-0.1, -0.05) is 12.1 Å². The van der Waals surface area contributed by atoms with E-state index in [9.17, 15) is 8.42 Å². The van der Waals surface area contributed by atoms with Gasteiger partial charge in [0.1, 0.15) is 6.61 Å². The molecule has 1 aliphatic heterocycles. The molecule has 0 radical (unpaired) electrons. The molecule has 6 nitrogen and oxygen atoms in total. The van der Waals surface area contributed by atoms with Crippen LogP contribution in [0.15, 0.2) is 24.3 Å². The Bertz CT molecular complexity index is 558. The number of nitrogens with zero attached hydrogens (tertiary/aromatic N) is 1. The number of benzene rings is 1. The molecule has 0 bridgehead atoms. The Morgan fingerprint density at radius 1 is 1.29 bits per heavy atom. The van der Waals surface area contributed by atoms with Crippen LogP contribution in [0.2, 0.25) is 0 Å². The minimum absolute atomic E-state index is 0.0503. The lowest BCUT2D eigenvalue weighted by molar-refractivity contribution is 0.125. The van der Waals surface area contributed by atoms with E-state index in [0.29, 0.717) is 31.2 Å². The van der Waals surface area contributed by atoms with Crippen LogP contribution in [0.4, 0.5) is 0 Å². The third-order valence-electron chi connectivity index (χ3n) is 2.92. The number of hydrogen-bond acceptors (Lipinski definition) is 5. The predicted octanol–water partition coefficient (Wildman–Crippen LogP) is 1.47. The average molecular weight is 315 g/mol. The Labute approximate surface area is 125 Å². The molecule has 1 fully saturated rings. The van der Waals surface area contributed by atoms with Crippen LogP contribution >= 0.6 is 0 Å². The fraction of sp³-hybridized carbons (Fsp3) is 0.571. The van der Waals surface area contributed by atoms with E-state index < -0.39 is 10.0 Å². The zero-order valence-corrected chi connectivity index (χ0v) is 13.1. The standard InChI is InChI=1S/C14H21NO5S/c1-12(2)20-14-6-4-3-5-13(14)19-10-8-15-7-9-18-11-21(15,16)17/h3-6,12H,7-11H2,1-2H3. The number of ether oxygens (including phenoxy) is 3. The Kier molecular flexibility index (Phi) is 5.44. The molecular formula is C14H21NO5S. The summed E-state index contributed by atoms with van der Waals surface area (Å²) in [5, 5.41) is 0. The highest BCUT2D eigenvalue weighted by Crippen LogP contribution is 2.27. The number of para-hydroxylation sites is 2. The Hall–Kier alpha value is -1.31. The van der Waals surface area contributed by atoms with E-state index in [2.05, 4.69) is 0 Å². The van der Waals surface area contributed by atoms with Gasteiger partial charge in [-0.2, -0.15) is 4.31 Å². The van der Waals surface area contributed by atoms with Gasteiger partial charge in [0, 0.05) is 13.1 Å². The zero-order chi connectivity index (χ0) is 15.3. The predicted molar refractivity (Wildman–Crippen MR) is 79.0 cm³/mol. The van der Waals surface area contributed by atoms with Gasteiger partial charge >= 0.3 is 0 Å². The van der Waals surface area contributed by atoms with E-state index in [-0.39, 0.29) is 18.6 Å². The van der Waals surface area contributed by atoms with Crippen LogP contribution < -0.4 is 9.47 Å². The fourth-order valence-electron chi connectivity index (χ4n) is 1.97. The van der Waals surface area contributed by atoms with Gasteiger partial charge in [-0.25, -0.2) is 8.42 Å². The Balaban J connectivity index is 1.91. The van der Waals surface area contributed by atoms with Crippen molar-refractivity contribution in [3.05, 3.63) is 24.3 Å². The molecule has 7 heteroatoms. The third-order valence-corrected chi connectivity index (χ3v) is 4.54. The number of hydrogen-bond donors (Lipinski definition) is 0. The number of sulfonamides is 1. The minimum atomic E-state index is -3.31. The molecule has 0 aromatic heterocycles. The summed E-state index contributed by atoms with van der Waals surface area (Å²) in [6, 6.07) is 7.37. The van der Waals surface area contributed by atoms with Crippen LogP contribution in [0.25, 0.3) is 0 Å². The van der Waals surface area contributed by atoms with Crippen LogP contribution in [-0.2, 0) is 14.8 Å². The van der Waals surface area contributed by atoms with Crippen molar-refractivity contribution in [2.75, 3.05) is 32.2 Å². The molecule has 118 valence electrons. The van der Waals surface area contributed by atoms with E-state index in [1.165, 1.54) is 4.31 Å². The van der Waals surface area contributed by atoms with E-state index in [1.807, 2.05) is 38.1 Å². The first kappa shape index (κ1) is 16.1. The summed E-state index contributed by atoms with van der Waals surface area (Å²) >= 11 is 0. The summed E-state index contributed by atoms with van der Waals surface area (Å²) in [5.41, 5.74) is 0. The second kappa shape index (κ2) is 7.11. The summed E-state index contributed by atoms with van der Waals surface area (Å²) in [5.74, 6) is 1.04. The Morgan fingerprint density at radius 2 is 2.00 bits per heavy atom. The summed E-state index contributed by atoms with van der Waals surface area (Å²) < 4.78 is 41.2. The molecule has 0 unspecified atom stereocenters. The first-order valence-electron chi connectivity index (χ1n) is 6.93. The normalized spacial score (nSPS) is 18.6. The average Bonchev–Trinajstić information content (AvgIpc) is 2.41. The van der Waals surface area contributed by atoms with Gasteiger partial charge in [-0.15, -0.1) is 0 Å². The third kappa shape index (κ3) is 4.59. The molecule has 21 heavy (non-hydrogen) atoms. The number of rotatable bonds is 6. The van der Waals surface area contributed by atoms with Crippen LogP contribution in [0.5, 0.6) is 11.5 Å². The van der Waals surface area contributed by atoms with Crippen molar-refractivity contribution in [3.63, 3.8) is 0 Å². The second-order valence-electron chi connectivity index (χ2n) is 5.00. The molecule has 0 saturated carbocycles. The molecule has 0 aliphatic carbocycles. The van der Waals surface area contributed by atoms with Crippen molar-refractivity contribution in [3.8, 4) is 11.5 Å². The lowest BCUT2D eigenvalue weighted by Crippen LogP contribution is -2.43. The fourth-order valence-corrected chi connectivity index (χ4v) is 3.16. The molecule has 1 saturated heterocycles. The summed E-state index contributed by atoms with van der Waals surface area (Å²) in [4.78, 5) is 0. The van der Waals surface area contributed by atoms with Gasteiger partial charge in [0.25, 0.3) is 0 Å². The molecule has 1 heterocycles. The van der Waals surface area contributed by atoms with E-state index in [1.54, 1.807) is 0 Å². The van der Waals surface area contributed by atoms with Crippen LogP contribution in [0, 0.1) is 0 Å². The molecule has 1 aliphatic rings. The Morgan fingerprint density at radius 3 is 2.67 bits per heavy atom. The first-order chi connectivity index (χ1) is 9.99. The first-order valence-corrected chi connectivity index (χ1v) is 8.54. The highest BCUT2D eigenvalue weighted by atomic mass is 32.2. The largest absolute Gasteiger partial charge is 0.488 e. The highest BCUT2D eigenvalue weighted by Gasteiger charge is 2.26. The monoisotopic (exact) mass is 315 g/mol. The van der Waals surface area contributed by atoms with Crippen molar-refractivity contribution < 1.29 is 22.6 Å². The SMILES string of the molecule is CC(C)Oc1ccccc1OCCN1CCOCS1(=O)=O. The van der Waals surface area contributed by atoms with Gasteiger partial charge in [0.05, 0.1) is 12.7 Å². The molecular weight excluding hydrogens is 294 g/mol. The van der Waals surface area contributed by atoms with E-state index >= 15 is 0 Å². The van der Waals surface area contributed by atoms with Gasteiger partial charge in [-0.05, 0) is 26.0 Å².